The number of hydrogen-bond donors (Lipinski definition) is 3. The van der Waals surface area contributed by atoms with Crippen molar-refractivity contribution in [3.8, 4) is 0 Å². The van der Waals surface area contributed by atoms with Gasteiger partial charge in [0.15, 0.2) is 11.2 Å². The van der Waals surface area contributed by atoms with Crippen LogP contribution >= 0.6 is 19.5 Å². The Labute approximate surface area is 197 Å². The molecule has 0 aliphatic carbocycles. The summed E-state index contributed by atoms with van der Waals surface area (Å²) < 4.78 is 28.2. The molecular formula is C19H32N3O9PS. The van der Waals surface area contributed by atoms with Crippen molar-refractivity contribution < 1.29 is 42.3 Å². The second kappa shape index (κ2) is 13.2. The van der Waals surface area contributed by atoms with E-state index in [4.69, 9.17) is 9.05 Å². The first-order valence-electron chi connectivity index (χ1n) is 10.3. The van der Waals surface area contributed by atoms with Crippen LogP contribution in [0.1, 0.15) is 40.5 Å². The van der Waals surface area contributed by atoms with Crippen molar-refractivity contribution in [2.75, 3.05) is 32.6 Å². The molecule has 12 nitrogen and oxygen atoms in total. The van der Waals surface area contributed by atoms with E-state index in [1.165, 1.54) is 21.0 Å². The van der Waals surface area contributed by atoms with Crippen molar-refractivity contribution in [2.45, 2.75) is 52.7 Å². The number of esters is 1. The summed E-state index contributed by atoms with van der Waals surface area (Å²) in [5, 5.41) is 7.37. The Kier molecular flexibility index (Phi) is 11.7. The molecule has 3 atom stereocenters. The minimum Gasteiger partial charge on any atom is -0.468 e. The van der Waals surface area contributed by atoms with Crippen LogP contribution in [0.5, 0.6) is 0 Å². The SMILES string of the molecule is COC(=O)[C@H](C)NP1(=O)OCC(C)(C)[C@H](C(=O)NCCC(=O)NCCSC(=O)CC(C)=O)O1. The predicted molar refractivity (Wildman–Crippen MR) is 120 cm³/mol. The van der Waals surface area contributed by atoms with Crippen LogP contribution in [0, 0.1) is 5.41 Å². The molecule has 0 radical (unpaired) electrons. The van der Waals surface area contributed by atoms with Gasteiger partial charge in [0.1, 0.15) is 11.8 Å². The number of carbonyl (C=O) groups excluding carboxylic acids is 5. The number of Topliss-reactive ketones (excluding diaryl/α,β-unsaturated/α-hetero) is 1. The van der Waals surface area contributed by atoms with Crippen LogP contribution in [0.3, 0.4) is 0 Å². The molecule has 1 unspecified atom stereocenters. The summed E-state index contributed by atoms with van der Waals surface area (Å²) in [4.78, 5) is 58.4. The predicted octanol–water partition coefficient (Wildman–Crippen LogP) is 0.549. The van der Waals surface area contributed by atoms with Gasteiger partial charge < -0.3 is 15.4 Å². The molecule has 33 heavy (non-hydrogen) atoms. The number of ether oxygens (including phenoxy) is 1. The standard InChI is InChI=1S/C19H32N3O9PS/c1-12(23)10-15(25)33-9-8-20-14(24)6-7-21-17(26)16-19(3,4)11-30-32(28,31-16)22-13(2)18(27)29-5/h13,16H,6-11H2,1-5H3,(H,20,24)(H,21,26)(H,22,28)/t13-,16-,32?/m0/s1. The minimum absolute atomic E-state index is 0.00810. The molecule has 14 heteroatoms. The van der Waals surface area contributed by atoms with E-state index >= 15 is 0 Å². The van der Waals surface area contributed by atoms with Crippen LogP contribution < -0.4 is 15.7 Å². The third-order valence-electron chi connectivity index (χ3n) is 4.44. The minimum atomic E-state index is -3.96. The molecule has 0 aromatic rings. The molecule has 1 aliphatic heterocycles. The maximum absolute atomic E-state index is 12.9. The number of nitrogens with one attached hydrogen (secondary N) is 3. The van der Waals surface area contributed by atoms with E-state index in [9.17, 15) is 28.5 Å². The van der Waals surface area contributed by atoms with E-state index in [1.807, 2.05) is 0 Å². The fraction of sp³-hybridized carbons (Fsp3) is 0.737. The van der Waals surface area contributed by atoms with Crippen LogP contribution in [0.4, 0.5) is 0 Å². The quantitative estimate of drug-likeness (QED) is 0.145. The molecule has 2 amide bonds. The zero-order valence-corrected chi connectivity index (χ0v) is 21.1. The van der Waals surface area contributed by atoms with Crippen molar-refractivity contribution in [3.63, 3.8) is 0 Å². The molecule has 0 bridgehead atoms. The molecule has 1 aliphatic rings. The monoisotopic (exact) mass is 509 g/mol. The van der Waals surface area contributed by atoms with Crippen molar-refractivity contribution in [2.24, 2.45) is 5.41 Å². The second-order valence-corrected chi connectivity index (χ2v) is 11.0. The van der Waals surface area contributed by atoms with Gasteiger partial charge in [-0.3, -0.25) is 33.0 Å². The molecule has 1 fully saturated rings. The van der Waals surface area contributed by atoms with Crippen molar-refractivity contribution in [1.29, 1.82) is 0 Å². The summed E-state index contributed by atoms with van der Waals surface area (Å²) in [5.74, 6) is -1.46. The second-order valence-electron chi connectivity index (χ2n) is 8.11. The van der Waals surface area contributed by atoms with E-state index in [-0.39, 0.29) is 49.3 Å². The van der Waals surface area contributed by atoms with Gasteiger partial charge in [0.05, 0.1) is 20.1 Å². The Bertz CT molecular complexity index is 805. The van der Waals surface area contributed by atoms with E-state index < -0.39 is 37.2 Å². The third kappa shape index (κ3) is 10.3. The average Bonchev–Trinajstić information content (AvgIpc) is 2.72. The van der Waals surface area contributed by atoms with E-state index in [0.29, 0.717) is 5.75 Å². The van der Waals surface area contributed by atoms with Crippen molar-refractivity contribution >= 4 is 48.2 Å². The Balaban J connectivity index is 2.47. The summed E-state index contributed by atoms with van der Waals surface area (Å²) in [6.07, 6.45) is -1.31. The number of carbonyl (C=O) groups is 5. The zero-order chi connectivity index (χ0) is 25.2. The third-order valence-corrected chi connectivity index (χ3v) is 6.97. The van der Waals surface area contributed by atoms with Crippen molar-refractivity contribution in [1.82, 2.24) is 15.7 Å². The molecule has 0 saturated carbocycles. The van der Waals surface area contributed by atoms with E-state index in [1.54, 1.807) is 13.8 Å². The molecule has 1 heterocycles. The van der Waals surface area contributed by atoms with Gasteiger partial charge in [-0.2, -0.15) is 0 Å². The highest BCUT2D eigenvalue weighted by Gasteiger charge is 2.48. The Morgan fingerprint density at radius 2 is 1.85 bits per heavy atom. The number of hydrogen-bond acceptors (Lipinski definition) is 10. The molecule has 188 valence electrons. The van der Waals surface area contributed by atoms with Crippen LogP contribution in [0.25, 0.3) is 0 Å². The lowest BCUT2D eigenvalue weighted by atomic mass is 9.87. The fourth-order valence-corrected chi connectivity index (χ4v) is 5.34. The van der Waals surface area contributed by atoms with Gasteiger partial charge in [0.25, 0.3) is 0 Å². The maximum Gasteiger partial charge on any atom is 0.407 e. The number of amides is 2. The lowest BCUT2D eigenvalue weighted by molar-refractivity contribution is -0.143. The molecule has 1 saturated heterocycles. The largest absolute Gasteiger partial charge is 0.468 e. The Hall–Kier alpha value is -1.79. The first kappa shape index (κ1) is 29.2. The van der Waals surface area contributed by atoms with E-state index in [0.717, 1.165) is 11.8 Å². The molecule has 0 spiro atoms. The van der Waals surface area contributed by atoms with Crippen LogP contribution in [0.2, 0.25) is 0 Å². The number of rotatable bonds is 12. The van der Waals surface area contributed by atoms with Gasteiger partial charge in [0.2, 0.25) is 11.8 Å². The van der Waals surface area contributed by atoms with Crippen LogP contribution in [0.15, 0.2) is 0 Å². The van der Waals surface area contributed by atoms with Gasteiger partial charge in [-0.15, -0.1) is 0 Å². The molecule has 0 aromatic carbocycles. The van der Waals surface area contributed by atoms with Gasteiger partial charge >= 0.3 is 13.7 Å². The van der Waals surface area contributed by atoms with Crippen LogP contribution in [-0.4, -0.2) is 73.4 Å². The first-order chi connectivity index (χ1) is 15.3. The highest BCUT2D eigenvalue weighted by atomic mass is 32.2. The number of ketones is 1. The van der Waals surface area contributed by atoms with Gasteiger partial charge in [-0.05, 0) is 13.8 Å². The highest BCUT2D eigenvalue weighted by Crippen LogP contribution is 2.53. The van der Waals surface area contributed by atoms with Crippen molar-refractivity contribution in [3.05, 3.63) is 0 Å². The lowest BCUT2D eigenvalue weighted by Gasteiger charge is -2.40. The Morgan fingerprint density at radius 1 is 1.18 bits per heavy atom. The molecule has 1 rings (SSSR count). The van der Waals surface area contributed by atoms with Gasteiger partial charge in [0, 0.05) is 30.7 Å². The molecular weight excluding hydrogens is 477 g/mol. The Morgan fingerprint density at radius 3 is 2.45 bits per heavy atom. The lowest BCUT2D eigenvalue weighted by Crippen LogP contribution is -2.51. The van der Waals surface area contributed by atoms with Crippen LogP contribution in [-0.2, 0) is 42.3 Å². The summed E-state index contributed by atoms with van der Waals surface area (Å²) >= 11 is 0.967. The number of thioether (sulfide) groups is 1. The van der Waals surface area contributed by atoms with E-state index in [2.05, 4.69) is 20.5 Å². The maximum atomic E-state index is 12.9. The first-order valence-corrected chi connectivity index (χ1v) is 12.8. The van der Waals surface area contributed by atoms with Gasteiger partial charge in [-0.1, -0.05) is 25.6 Å². The number of methoxy groups -OCH3 is 1. The smallest absolute Gasteiger partial charge is 0.407 e. The molecule has 3 N–H and O–H groups in total. The zero-order valence-electron chi connectivity index (χ0n) is 19.4. The summed E-state index contributed by atoms with van der Waals surface area (Å²) in [5.41, 5.74) is -0.819. The van der Waals surface area contributed by atoms with Gasteiger partial charge in [-0.25, -0.2) is 9.65 Å². The summed E-state index contributed by atoms with van der Waals surface area (Å²) in [7, 11) is -2.77. The summed E-state index contributed by atoms with van der Waals surface area (Å²) in [6.45, 7) is 6.33. The summed E-state index contributed by atoms with van der Waals surface area (Å²) in [6, 6.07) is -0.981. The average molecular weight is 510 g/mol. The normalized spacial score (nSPS) is 22.6. The fourth-order valence-electron chi connectivity index (χ4n) is 2.67. The molecule has 0 aromatic heterocycles. The highest BCUT2D eigenvalue weighted by molar-refractivity contribution is 8.13. The topological polar surface area (TPSA) is 166 Å².